The standard InChI is InChI=1S/C21H34N4O/c1-4-23-9-11-25(12-10-23)20-7-5-19(6-8-20)22-21(26)16-24-14-17(2)13-18(3)15-24/h5-8,17-18H,4,9-16H2,1-3H3,(H,22,26)/p+2/t17-,18-/m0/s1. The van der Waals surface area contributed by atoms with Crippen molar-refractivity contribution in [3.05, 3.63) is 24.3 Å². The van der Waals surface area contributed by atoms with Crippen LogP contribution in [0.2, 0.25) is 0 Å². The fourth-order valence-electron chi connectivity index (χ4n) is 4.69. The molecule has 5 nitrogen and oxygen atoms in total. The van der Waals surface area contributed by atoms with Crippen molar-refractivity contribution in [3.8, 4) is 0 Å². The van der Waals surface area contributed by atoms with Gasteiger partial charge in [0.1, 0.15) is 0 Å². The Morgan fingerprint density at radius 2 is 1.69 bits per heavy atom. The smallest absolute Gasteiger partial charge is 0.279 e. The summed E-state index contributed by atoms with van der Waals surface area (Å²) in [5.74, 6) is 1.57. The number of hydrogen-bond acceptors (Lipinski definition) is 2. The van der Waals surface area contributed by atoms with E-state index in [1.165, 1.54) is 36.6 Å². The molecule has 2 atom stereocenters. The molecule has 2 heterocycles. The highest BCUT2D eigenvalue weighted by atomic mass is 16.2. The first-order valence-corrected chi connectivity index (χ1v) is 10.4. The molecule has 2 fully saturated rings. The molecular weight excluding hydrogens is 324 g/mol. The lowest BCUT2D eigenvalue weighted by atomic mass is 9.92. The van der Waals surface area contributed by atoms with Gasteiger partial charge in [0, 0.05) is 23.2 Å². The van der Waals surface area contributed by atoms with Crippen LogP contribution in [0.4, 0.5) is 11.4 Å². The largest absolute Gasteiger partial charge is 0.360 e. The van der Waals surface area contributed by atoms with Gasteiger partial charge in [-0.05, 0) is 37.6 Å². The maximum Gasteiger partial charge on any atom is 0.279 e. The molecule has 0 radical (unpaired) electrons. The van der Waals surface area contributed by atoms with Crippen molar-refractivity contribution in [2.24, 2.45) is 11.8 Å². The molecule has 144 valence electrons. The Morgan fingerprint density at radius 1 is 1.08 bits per heavy atom. The first-order chi connectivity index (χ1) is 12.5. The number of quaternary nitrogens is 2. The summed E-state index contributed by atoms with van der Waals surface area (Å²) in [4.78, 5) is 18.0. The molecular formula is C21H36N4O+2. The van der Waals surface area contributed by atoms with E-state index in [9.17, 15) is 4.79 Å². The molecule has 0 unspecified atom stereocenters. The van der Waals surface area contributed by atoms with Crippen molar-refractivity contribution in [2.75, 3.05) is 62.6 Å². The first-order valence-electron chi connectivity index (χ1n) is 10.4. The number of anilines is 2. The number of benzene rings is 1. The maximum absolute atomic E-state index is 12.4. The third kappa shape index (κ3) is 5.21. The Kier molecular flexibility index (Phi) is 6.54. The third-order valence-electron chi connectivity index (χ3n) is 5.98. The Bertz CT molecular complexity index is 570. The van der Waals surface area contributed by atoms with Crippen molar-refractivity contribution in [1.82, 2.24) is 0 Å². The summed E-state index contributed by atoms with van der Waals surface area (Å²) in [6.07, 6.45) is 1.29. The maximum atomic E-state index is 12.4. The number of likely N-dealkylation sites (N-methyl/N-ethyl adjacent to an activating group) is 1. The average molecular weight is 361 g/mol. The molecule has 0 aliphatic carbocycles. The van der Waals surface area contributed by atoms with Crippen LogP contribution in [-0.4, -0.2) is 58.3 Å². The highest BCUT2D eigenvalue weighted by Crippen LogP contribution is 2.18. The molecule has 1 aromatic carbocycles. The van der Waals surface area contributed by atoms with E-state index in [4.69, 9.17) is 0 Å². The molecule has 1 aromatic rings. The molecule has 2 saturated heterocycles. The molecule has 0 bridgehead atoms. The fraction of sp³-hybridized carbons (Fsp3) is 0.667. The van der Waals surface area contributed by atoms with Crippen LogP contribution in [0.5, 0.6) is 0 Å². The number of nitrogens with one attached hydrogen (secondary N) is 3. The Labute approximate surface area is 158 Å². The number of hydrogen-bond donors (Lipinski definition) is 3. The SMILES string of the molecule is CC[NH+]1CCN(c2ccc(NC(=O)C[NH+]3C[C@@H](C)C[C@H](C)C3)cc2)CC1. The van der Waals surface area contributed by atoms with Gasteiger partial charge in [0.05, 0.1) is 45.8 Å². The summed E-state index contributed by atoms with van der Waals surface area (Å²) in [5, 5.41) is 3.08. The third-order valence-corrected chi connectivity index (χ3v) is 5.98. The van der Waals surface area contributed by atoms with Crippen LogP contribution in [-0.2, 0) is 4.79 Å². The summed E-state index contributed by atoms with van der Waals surface area (Å²) in [5.41, 5.74) is 2.18. The summed E-state index contributed by atoms with van der Waals surface area (Å²) in [7, 11) is 0. The minimum Gasteiger partial charge on any atom is -0.360 e. The predicted molar refractivity (Wildman–Crippen MR) is 107 cm³/mol. The van der Waals surface area contributed by atoms with E-state index < -0.39 is 0 Å². The lowest BCUT2D eigenvalue weighted by Crippen LogP contribution is -3.15. The van der Waals surface area contributed by atoms with Gasteiger partial charge in [0.2, 0.25) is 0 Å². The highest BCUT2D eigenvalue weighted by molar-refractivity contribution is 5.91. The second-order valence-electron chi connectivity index (χ2n) is 8.47. The topological polar surface area (TPSA) is 41.2 Å². The van der Waals surface area contributed by atoms with Crippen LogP contribution >= 0.6 is 0 Å². The number of carbonyl (C=O) groups is 1. The second-order valence-corrected chi connectivity index (χ2v) is 8.47. The summed E-state index contributed by atoms with van der Waals surface area (Å²) in [6.45, 7) is 15.5. The van der Waals surface area contributed by atoms with Crippen molar-refractivity contribution >= 4 is 17.3 Å². The molecule has 0 saturated carbocycles. The van der Waals surface area contributed by atoms with E-state index in [0.29, 0.717) is 6.54 Å². The predicted octanol–water partition coefficient (Wildman–Crippen LogP) is -0.0893. The van der Waals surface area contributed by atoms with Crippen molar-refractivity contribution in [3.63, 3.8) is 0 Å². The normalized spacial score (nSPS) is 27.3. The van der Waals surface area contributed by atoms with Crippen LogP contribution in [0, 0.1) is 11.8 Å². The van der Waals surface area contributed by atoms with Gasteiger partial charge in [0.25, 0.3) is 5.91 Å². The van der Waals surface area contributed by atoms with Crippen molar-refractivity contribution in [2.45, 2.75) is 27.2 Å². The number of rotatable bonds is 5. The van der Waals surface area contributed by atoms with E-state index in [2.05, 4.69) is 43.1 Å². The number of carbonyl (C=O) groups excluding carboxylic acids is 1. The molecule has 5 heteroatoms. The Balaban J connectivity index is 1.48. The van der Waals surface area contributed by atoms with Crippen molar-refractivity contribution in [1.29, 1.82) is 0 Å². The fourth-order valence-corrected chi connectivity index (χ4v) is 4.69. The number of piperazine rings is 1. The summed E-state index contributed by atoms with van der Waals surface area (Å²) >= 11 is 0. The van der Waals surface area contributed by atoms with Gasteiger partial charge < -0.3 is 20.0 Å². The van der Waals surface area contributed by atoms with Gasteiger partial charge in [-0.3, -0.25) is 4.79 Å². The Morgan fingerprint density at radius 3 is 2.27 bits per heavy atom. The number of piperidine rings is 1. The van der Waals surface area contributed by atoms with E-state index in [1.807, 2.05) is 12.1 Å². The van der Waals surface area contributed by atoms with Gasteiger partial charge >= 0.3 is 0 Å². The van der Waals surface area contributed by atoms with E-state index >= 15 is 0 Å². The number of likely N-dealkylation sites (tertiary alicyclic amines) is 1. The van der Waals surface area contributed by atoms with Crippen molar-refractivity contribution < 1.29 is 14.6 Å². The van der Waals surface area contributed by atoms with Crippen LogP contribution in [0.1, 0.15) is 27.2 Å². The molecule has 3 N–H and O–H groups in total. The van der Waals surface area contributed by atoms with Crippen LogP contribution in [0.3, 0.4) is 0 Å². The van der Waals surface area contributed by atoms with E-state index in [-0.39, 0.29) is 5.91 Å². The zero-order chi connectivity index (χ0) is 18.5. The average Bonchev–Trinajstić information content (AvgIpc) is 2.61. The zero-order valence-corrected chi connectivity index (χ0v) is 16.7. The van der Waals surface area contributed by atoms with Crippen LogP contribution in [0.25, 0.3) is 0 Å². The molecule has 0 spiro atoms. The van der Waals surface area contributed by atoms with Crippen LogP contribution in [0.15, 0.2) is 24.3 Å². The quantitative estimate of drug-likeness (QED) is 0.687. The molecule has 1 amide bonds. The number of nitrogens with zero attached hydrogens (tertiary/aromatic N) is 1. The van der Waals surface area contributed by atoms with Gasteiger partial charge in [-0.1, -0.05) is 13.8 Å². The minimum atomic E-state index is 0.134. The molecule has 2 aliphatic heterocycles. The molecule has 2 aliphatic rings. The van der Waals surface area contributed by atoms with Gasteiger partial charge in [0.15, 0.2) is 6.54 Å². The number of amides is 1. The van der Waals surface area contributed by atoms with Gasteiger partial charge in [-0.15, -0.1) is 0 Å². The lowest BCUT2D eigenvalue weighted by molar-refractivity contribution is -0.904. The van der Waals surface area contributed by atoms with E-state index in [1.54, 1.807) is 4.90 Å². The highest BCUT2D eigenvalue weighted by Gasteiger charge is 2.26. The van der Waals surface area contributed by atoms with E-state index in [0.717, 1.165) is 43.7 Å². The zero-order valence-electron chi connectivity index (χ0n) is 16.7. The van der Waals surface area contributed by atoms with Gasteiger partial charge in [-0.25, -0.2) is 0 Å². The first kappa shape index (κ1) is 19.2. The second kappa shape index (κ2) is 8.87. The molecule has 26 heavy (non-hydrogen) atoms. The van der Waals surface area contributed by atoms with Crippen LogP contribution < -0.4 is 20.0 Å². The summed E-state index contributed by atoms with van der Waals surface area (Å²) in [6, 6.07) is 8.38. The monoisotopic (exact) mass is 360 g/mol. The minimum absolute atomic E-state index is 0.134. The summed E-state index contributed by atoms with van der Waals surface area (Å²) < 4.78 is 0. The van der Waals surface area contributed by atoms with Gasteiger partial charge in [-0.2, -0.15) is 0 Å². The molecule has 0 aromatic heterocycles. The molecule has 3 rings (SSSR count). The Hall–Kier alpha value is -1.59. The lowest BCUT2D eigenvalue weighted by Gasteiger charge is -2.33.